The van der Waals surface area contributed by atoms with Crippen molar-refractivity contribution in [2.45, 2.75) is 37.5 Å². The molecule has 0 atom stereocenters. The van der Waals surface area contributed by atoms with Gasteiger partial charge in [0.1, 0.15) is 11.3 Å². The Bertz CT molecular complexity index is 1050. The highest BCUT2D eigenvalue weighted by Crippen LogP contribution is 2.31. The van der Waals surface area contributed by atoms with E-state index in [2.05, 4.69) is 12.0 Å². The number of aromatic nitrogens is 2. The molecule has 0 radical (unpaired) electrons. The largest absolute Gasteiger partial charge is 0.465 e. The standard InChI is InChI=1S/C25H28N2O4S/c1-4-5-6-10-17-32-20-15-13-18(14-16-20)22-21(24(28)30-2)23(25(29)31-3)27(26-22)19-11-8-7-9-12-19/h7-9,11-16H,4-6,10,17H2,1-3H3. The molecule has 0 aliphatic rings. The highest BCUT2D eigenvalue weighted by Gasteiger charge is 2.31. The molecule has 0 aliphatic carbocycles. The maximum Gasteiger partial charge on any atom is 0.357 e. The highest BCUT2D eigenvalue weighted by atomic mass is 32.2. The van der Waals surface area contributed by atoms with Gasteiger partial charge >= 0.3 is 11.9 Å². The SMILES string of the molecule is CCCCCCSc1ccc(-c2nn(-c3ccccc3)c(C(=O)OC)c2C(=O)OC)cc1. The summed E-state index contributed by atoms with van der Waals surface area (Å²) in [4.78, 5) is 26.5. The first-order valence-corrected chi connectivity index (χ1v) is 11.7. The number of ether oxygens (including phenoxy) is 2. The van der Waals surface area contributed by atoms with Crippen LogP contribution in [-0.4, -0.2) is 41.7 Å². The van der Waals surface area contributed by atoms with Crippen LogP contribution in [0.25, 0.3) is 16.9 Å². The number of thioether (sulfide) groups is 1. The van der Waals surface area contributed by atoms with Crippen LogP contribution in [0.1, 0.15) is 53.5 Å². The van der Waals surface area contributed by atoms with E-state index in [1.165, 1.54) is 44.6 Å². The van der Waals surface area contributed by atoms with Gasteiger partial charge in [0.2, 0.25) is 0 Å². The van der Waals surface area contributed by atoms with Crippen molar-refractivity contribution in [1.29, 1.82) is 0 Å². The molecule has 168 valence electrons. The van der Waals surface area contributed by atoms with Gasteiger partial charge < -0.3 is 9.47 Å². The lowest BCUT2D eigenvalue weighted by Gasteiger charge is -2.07. The fraction of sp³-hybridized carbons (Fsp3) is 0.320. The summed E-state index contributed by atoms with van der Waals surface area (Å²) in [6.45, 7) is 2.21. The molecule has 0 unspecified atom stereocenters. The number of methoxy groups -OCH3 is 2. The molecule has 0 spiro atoms. The van der Waals surface area contributed by atoms with Gasteiger partial charge in [0.05, 0.1) is 19.9 Å². The molecule has 2 aromatic carbocycles. The third-order valence-electron chi connectivity index (χ3n) is 5.05. The smallest absolute Gasteiger partial charge is 0.357 e. The second kappa shape index (κ2) is 11.5. The molecule has 7 heteroatoms. The maximum atomic E-state index is 12.7. The molecule has 3 aromatic rings. The Labute approximate surface area is 192 Å². The summed E-state index contributed by atoms with van der Waals surface area (Å²) >= 11 is 1.81. The topological polar surface area (TPSA) is 70.4 Å². The summed E-state index contributed by atoms with van der Waals surface area (Å²) in [7, 11) is 2.56. The molecule has 0 aliphatic heterocycles. The van der Waals surface area contributed by atoms with Gasteiger partial charge in [-0.2, -0.15) is 5.10 Å². The first-order valence-electron chi connectivity index (χ1n) is 10.7. The van der Waals surface area contributed by atoms with Crippen molar-refractivity contribution < 1.29 is 19.1 Å². The Kier molecular flexibility index (Phi) is 8.50. The number of carbonyl (C=O) groups is 2. The Balaban J connectivity index is 1.99. The Morgan fingerprint density at radius 3 is 2.22 bits per heavy atom. The van der Waals surface area contributed by atoms with E-state index in [1.807, 2.05) is 66.4 Å². The van der Waals surface area contributed by atoms with Gasteiger partial charge in [0.15, 0.2) is 5.69 Å². The quantitative estimate of drug-likeness (QED) is 0.220. The fourth-order valence-corrected chi connectivity index (χ4v) is 4.30. The number of hydrogen-bond donors (Lipinski definition) is 0. The third kappa shape index (κ3) is 5.40. The van der Waals surface area contributed by atoms with Crippen molar-refractivity contribution in [3.63, 3.8) is 0 Å². The highest BCUT2D eigenvalue weighted by molar-refractivity contribution is 7.99. The summed E-state index contributed by atoms with van der Waals surface area (Å²) in [5, 5.41) is 4.62. The van der Waals surface area contributed by atoms with Gasteiger partial charge in [0.25, 0.3) is 0 Å². The van der Waals surface area contributed by atoms with Crippen LogP contribution >= 0.6 is 11.8 Å². The number of benzene rings is 2. The lowest BCUT2D eigenvalue weighted by Crippen LogP contribution is -2.15. The first kappa shape index (κ1) is 23.6. The van der Waals surface area contributed by atoms with E-state index in [0.717, 1.165) is 16.2 Å². The number of unbranched alkanes of at least 4 members (excludes halogenated alkanes) is 3. The fourth-order valence-electron chi connectivity index (χ4n) is 3.38. The Morgan fingerprint density at radius 2 is 1.59 bits per heavy atom. The van der Waals surface area contributed by atoms with E-state index >= 15 is 0 Å². The van der Waals surface area contributed by atoms with Crippen LogP contribution in [0, 0.1) is 0 Å². The maximum absolute atomic E-state index is 12.7. The number of para-hydroxylation sites is 1. The van der Waals surface area contributed by atoms with E-state index in [9.17, 15) is 9.59 Å². The molecule has 32 heavy (non-hydrogen) atoms. The molecule has 0 saturated carbocycles. The number of hydrogen-bond acceptors (Lipinski definition) is 6. The molecule has 0 N–H and O–H groups in total. The molecule has 0 bridgehead atoms. The van der Waals surface area contributed by atoms with E-state index in [-0.39, 0.29) is 11.3 Å². The minimum Gasteiger partial charge on any atom is -0.465 e. The van der Waals surface area contributed by atoms with Gasteiger partial charge in [-0.15, -0.1) is 11.8 Å². The van der Waals surface area contributed by atoms with E-state index < -0.39 is 11.9 Å². The molecular formula is C25H28N2O4S. The number of nitrogens with zero attached hydrogens (tertiary/aromatic N) is 2. The molecular weight excluding hydrogens is 424 g/mol. The average molecular weight is 453 g/mol. The van der Waals surface area contributed by atoms with Crippen LogP contribution in [0.4, 0.5) is 0 Å². The molecule has 3 rings (SSSR count). The van der Waals surface area contributed by atoms with Crippen molar-refractivity contribution in [2.24, 2.45) is 0 Å². The van der Waals surface area contributed by atoms with Gasteiger partial charge in [-0.3, -0.25) is 0 Å². The summed E-state index contributed by atoms with van der Waals surface area (Å²) < 4.78 is 11.4. The van der Waals surface area contributed by atoms with Crippen LogP contribution < -0.4 is 0 Å². The van der Waals surface area contributed by atoms with Gasteiger partial charge in [-0.25, -0.2) is 14.3 Å². The second-order valence-corrected chi connectivity index (χ2v) is 8.40. The van der Waals surface area contributed by atoms with Crippen molar-refractivity contribution >= 4 is 23.7 Å². The zero-order valence-corrected chi connectivity index (χ0v) is 19.5. The lowest BCUT2D eigenvalue weighted by atomic mass is 10.1. The summed E-state index contributed by atoms with van der Waals surface area (Å²) in [6, 6.07) is 17.0. The van der Waals surface area contributed by atoms with Crippen LogP contribution in [0.3, 0.4) is 0 Å². The van der Waals surface area contributed by atoms with Crippen LogP contribution in [0.2, 0.25) is 0 Å². The summed E-state index contributed by atoms with van der Waals surface area (Å²) in [6.07, 6.45) is 4.93. The van der Waals surface area contributed by atoms with Gasteiger partial charge in [0, 0.05) is 10.5 Å². The minimum atomic E-state index is -0.660. The first-order chi connectivity index (χ1) is 15.6. The van der Waals surface area contributed by atoms with Crippen molar-refractivity contribution in [2.75, 3.05) is 20.0 Å². The van der Waals surface area contributed by atoms with Crippen molar-refractivity contribution in [3.8, 4) is 16.9 Å². The van der Waals surface area contributed by atoms with Gasteiger partial charge in [-0.1, -0.05) is 56.5 Å². The molecule has 0 saturated heterocycles. The third-order valence-corrected chi connectivity index (χ3v) is 6.15. The number of rotatable bonds is 10. The van der Waals surface area contributed by atoms with Crippen molar-refractivity contribution in [1.82, 2.24) is 9.78 Å². The van der Waals surface area contributed by atoms with Crippen LogP contribution in [0.15, 0.2) is 59.5 Å². The van der Waals surface area contributed by atoms with E-state index in [1.54, 1.807) is 0 Å². The molecule has 0 amide bonds. The predicted molar refractivity (Wildman–Crippen MR) is 127 cm³/mol. The van der Waals surface area contributed by atoms with E-state index in [4.69, 9.17) is 9.47 Å². The zero-order valence-electron chi connectivity index (χ0n) is 18.7. The monoisotopic (exact) mass is 452 g/mol. The second-order valence-electron chi connectivity index (χ2n) is 7.24. The number of esters is 2. The Morgan fingerprint density at radius 1 is 0.906 bits per heavy atom. The zero-order chi connectivity index (χ0) is 22.9. The number of carbonyl (C=O) groups excluding carboxylic acids is 2. The molecule has 1 aromatic heterocycles. The van der Waals surface area contributed by atoms with Crippen molar-refractivity contribution in [3.05, 3.63) is 65.9 Å². The van der Waals surface area contributed by atoms with E-state index in [0.29, 0.717) is 11.4 Å². The molecule has 6 nitrogen and oxygen atoms in total. The summed E-state index contributed by atoms with van der Waals surface area (Å²) in [5.74, 6) is -0.230. The summed E-state index contributed by atoms with van der Waals surface area (Å²) in [5.41, 5.74) is 1.86. The normalized spacial score (nSPS) is 10.7. The average Bonchev–Trinajstić information content (AvgIpc) is 3.24. The van der Waals surface area contributed by atoms with Crippen LogP contribution in [0.5, 0.6) is 0 Å². The molecule has 0 fully saturated rings. The van der Waals surface area contributed by atoms with Gasteiger partial charge in [-0.05, 0) is 36.4 Å². The van der Waals surface area contributed by atoms with Crippen LogP contribution in [-0.2, 0) is 9.47 Å². The lowest BCUT2D eigenvalue weighted by molar-refractivity contribution is 0.0549. The Hall–Kier alpha value is -3.06. The molecule has 1 heterocycles. The minimum absolute atomic E-state index is 0.0370. The predicted octanol–water partition coefficient (Wildman–Crippen LogP) is 5.78.